The number of unbranched alkanes of at least 4 members (excludes halogenated alkanes) is 1. The second-order valence-electron chi connectivity index (χ2n) is 3.86. The maximum absolute atomic E-state index is 12.9. The van der Waals surface area contributed by atoms with E-state index in [1.165, 1.54) is 12.8 Å². The summed E-state index contributed by atoms with van der Waals surface area (Å²) in [7, 11) is -8.55. The van der Waals surface area contributed by atoms with E-state index in [4.69, 9.17) is 0 Å². The Morgan fingerprint density at radius 3 is 2.30 bits per heavy atom. The molecule has 0 saturated carbocycles. The van der Waals surface area contributed by atoms with Crippen molar-refractivity contribution in [2.75, 3.05) is 7.05 Å². The number of rotatable bonds is 8. The van der Waals surface area contributed by atoms with Gasteiger partial charge in [-0.3, -0.25) is 0 Å². The number of nitrogens with zero attached hydrogens (tertiary/aromatic N) is 1. The van der Waals surface area contributed by atoms with E-state index in [0.717, 1.165) is 19.0 Å². The highest BCUT2D eigenvalue weighted by molar-refractivity contribution is 7.55. The molecule has 4 radical (unpaired) electrons. The summed E-state index contributed by atoms with van der Waals surface area (Å²) < 4.78 is 61.6. The Bertz CT molecular complexity index is 440. The van der Waals surface area contributed by atoms with Crippen LogP contribution in [-0.2, 0) is 4.57 Å². The largest absolute Gasteiger partial charge is 0.419 e. The summed E-state index contributed by atoms with van der Waals surface area (Å²) in [6.45, 7) is 0. The summed E-state index contributed by atoms with van der Waals surface area (Å²) in [6.07, 6.45) is 5.08. The molecular formula is C12H13F4NOP2. The quantitative estimate of drug-likeness (QED) is 0.362. The van der Waals surface area contributed by atoms with Crippen molar-refractivity contribution in [3.63, 3.8) is 0 Å². The molecule has 0 amide bonds. The van der Waals surface area contributed by atoms with Crippen LogP contribution in [-0.4, -0.2) is 17.5 Å². The maximum Gasteiger partial charge on any atom is 0.419 e. The van der Waals surface area contributed by atoms with Crippen LogP contribution < -0.4 is 0 Å². The van der Waals surface area contributed by atoms with Crippen molar-refractivity contribution in [3.05, 3.63) is 61.6 Å². The van der Waals surface area contributed by atoms with Gasteiger partial charge in [0.15, 0.2) is 0 Å². The second-order valence-corrected chi connectivity index (χ2v) is 6.45. The van der Waals surface area contributed by atoms with Gasteiger partial charge in [-0.2, -0.15) is 16.8 Å². The van der Waals surface area contributed by atoms with E-state index < -0.39 is 22.2 Å². The molecule has 0 aliphatic heterocycles. The molecule has 1 atom stereocenters. The van der Waals surface area contributed by atoms with Gasteiger partial charge >= 0.3 is 16.5 Å². The van der Waals surface area contributed by atoms with Crippen LogP contribution >= 0.6 is 16.5 Å². The molecule has 1 aromatic carbocycles. The molecule has 0 aliphatic rings. The summed E-state index contributed by atoms with van der Waals surface area (Å²) in [4.78, 5) is 0. The molecule has 0 spiro atoms. The van der Waals surface area contributed by atoms with Gasteiger partial charge in [-0.1, -0.05) is 30.3 Å². The predicted molar refractivity (Wildman–Crippen MR) is 73.3 cm³/mol. The zero-order chi connectivity index (χ0) is 15.2. The third-order valence-corrected chi connectivity index (χ3v) is 4.45. The van der Waals surface area contributed by atoms with Crippen LogP contribution in [0.25, 0.3) is 0 Å². The minimum Gasteiger partial charge on any atom is -0.248 e. The molecule has 20 heavy (non-hydrogen) atoms. The summed E-state index contributed by atoms with van der Waals surface area (Å²) in [6, 6.07) is 9.02. The molecule has 8 heteroatoms. The van der Waals surface area contributed by atoms with Crippen LogP contribution in [0.15, 0.2) is 30.3 Å². The van der Waals surface area contributed by atoms with Crippen LogP contribution in [0, 0.1) is 25.7 Å². The topological polar surface area (TPSA) is 20.3 Å². The first kappa shape index (κ1) is 17.6. The summed E-state index contributed by atoms with van der Waals surface area (Å²) >= 11 is 0. The molecular weight excluding hydrogens is 312 g/mol. The number of hydrogen-bond acceptors (Lipinski definition) is 2. The van der Waals surface area contributed by atoms with Gasteiger partial charge in [-0.05, 0) is 38.3 Å². The Hall–Kier alpha value is -0.440. The highest BCUT2D eigenvalue weighted by Crippen LogP contribution is 2.61. The molecule has 0 aliphatic carbocycles. The van der Waals surface area contributed by atoms with Crippen molar-refractivity contribution in [3.8, 4) is 0 Å². The van der Waals surface area contributed by atoms with Crippen molar-refractivity contribution in [1.82, 2.24) is 4.67 Å². The Morgan fingerprint density at radius 1 is 1.20 bits per heavy atom. The lowest BCUT2D eigenvalue weighted by Crippen LogP contribution is -2.24. The zero-order valence-electron chi connectivity index (χ0n) is 10.5. The first-order chi connectivity index (χ1) is 9.32. The third-order valence-electron chi connectivity index (χ3n) is 2.41. The standard InChI is InChI=1S/C12H13F4NOP2/c1-17(19(13)14)12(20(15,16)18)10-6-5-9-11-7-3-2-4-8-11/h2-10,12H,1H3. The average Bonchev–Trinajstić information content (AvgIpc) is 2.37. The maximum atomic E-state index is 12.9. The number of hydrogen-bond donors (Lipinski definition) is 0. The van der Waals surface area contributed by atoms with Crippen molar-refractivity contribution in [1.29, 1.82) is 0 Å². The molecule has 1 rings (SSSR count). The van der Waals surface area contributed by atoms with E-state index in [-0.39, 0.29) is 4.67 Å². The lowest BCUT2D eigenvalue weighted by Gasteiger charge is -2.24. The molecule has 0 bridgehead atoms. The predicted octanol–water partition coefficient (Wildman–Crippen LogP) is 5.41. The van der Waals surface area contributed by atoms with Gasteiger partial charge in [0.05, 0.1) is 0 Å². The van der Waals surface area contributed by atoms with Crippen LogP contribution in [0.3, 0.4) is 0 Å². The van der Waals surface area contributed by atoms with Crippen LogP contribution in [0.4, 0.5) is 16.8 Å². The summed E-state index contributed by atoms with van der Waals surface area (Å²) in [5.74, 6) is -2.07. The first-order valence-corrected chi connectivity index (χ1v) is 8.19. The second kappa shape index (κ2) is 8.11. The summed E-state index contributed by atoms with van der Waals surface area (Å²) in [5.41, 5.74) is 0.837. The highest BCUT2D eigenvalue weighted by atomic mass is 31.2. The van der Waals surface area contributed by atoms with Crippen molar-refractivity contribution >= 4 is 16.5 Å². The van der Waals surface area contributed by atoms with Gasteiger partial charge in [-0.15, -0.1) is 0 Å². The fraction of sp³-hybridized carbons (Fsp3) is 0.167. The van der Waals surface area contributed by atoms with Gasteiger partial charge in [0.25, 0.3) is 0 Å². The Labute approximate surface area is 117 Å². The van der Waals surface area contributed by atoms with Gasteiger partial charge < -0.3 is 0 Å². The molecule has 0 heterocycles. The van der Waals surface area contributed by atoms with E-state index in [1.807, 2.05) is 6.07 Å². The molecule has 1 unspecified atom stereocenters. The first-order valence-electron chi connectivity index (χ1n) is 5.56. The zero-order valence-corrected chi connectivity index (χ0v) is 12.3. The molecule has 0 aromatic heterocycles. The fourth-order valence-corrected chi connectivity index (χ4v) is 2.94. The van der Waals surface area contributed by atoms with E-state index in [1.54, 1.807) is 30.7 Å². The van der Waals surface area contributed by atoms with E-state index >= 15 is 0 Å². The van der Waals surface area contributed by atoms with Gasteiger partial charge in [-0.25, -0.2) is 9.24 Å². The van der Waals surface area contributed by atoms with Gasteiger partial charge in [0.2, 0.25) is 0 Å². The lowest BCUT2D eigenvalue weighted by molar-refractivity contribution is 0.409. The molecule has 0 saturated heterocycles. The Balaban J connectivity index is 2.45. The van der Waals surface area contributed by atoms with Crippen molar-refractivity contribution in [2.45, 2.75) is 5.78 Å². The van der Waals surface area contributed by atoms with E-state index in [0.29, 0.717) is 0 Å². The summed E-state index contributed by atoms with van der Waals surface area (Å²) in [5, 5.41) is 0. The van der Waals surface area contributed by atoms with Crippen LogP contribution in [0.1, 0.15) is 5.56 Å². The van der Waals surface area contributed by atoms with E-state index in [2.05, 4.69) is 0 Å². The SMILES string of the molecule is CN(C([CH][CH][CH][CH]c1ccccc1)P(=O)(F)F)P(F)F. The molecule has 1 aromatic rings. The molecule has 0 fully saturated rings. The fourth-order valence-electron chi connectivity index (χ4n) is 1.40. The average molecular weight is 325 g/mol. The van der Waals surface area contributed by atoms with Crippen molar-refractivity contribution < 1.29 is 21.4 Å². The number of benzene rings is 1. The van der Waals surface area contributed by atoms with E-state index in [9.17, 15) is 21.4 Å². The lowest BCUT2D eigenvalue weighted by atomic mass is 10.1. The number of halogens is 4. The minimum absolute atomic E-state index is 0.142. The van der Waals surface area contributed by atoms with Gasteiger partial charge in [0.1, 0.15) is 5.78 Å². The van der Waals surface area contributed by atoms with Crippen LogP contribution in [0.5, 0.6) is 0 Å². The Kier molecular flexibility index (Phi) is 7.14. The van der Waals surface area contributed by atoms with Gasteiger partial charge in [0, 0.05) is 0 Å². The molecule has 2 nitrogen and oxygen atoms in total. The normalized spacial score (nSPS) is 13.9. The highest BCUT2D eigenvalue weighted by Gasteiger charge is 2.40. The molecule has 0 N–H and O–H groups in total. The van der Waals surface area contributed by atoms with Crippen molar-refractivity contribution in [2.24, 2.45) is 0 Å². The monoisotopic (exact) mass is 325 g/mol. The minimum atomic E-state index is -5.66. The third kappa shape index (κ3) is 5.90. The smallest absolute Gasteiger partial charge is 0.248 e. The van der Waals surface area contributed by atoms with Crippen LogP contribution in [0.2, 0.25) is 0 Å². The molecule has 110 valence electrons. The Morgan fingerprint density at radius 2 is 1.80 bits per heavy atom.